The second-order valence-electron chi connectivity index (χ2n) is 2.49. The van der Waals surface area contributed by atoms with E-state index >= 15 is 0 Å². The largest absolute Gasteiger partial charge is 0.295 e. The molecule has 1 atom stereocenters. The Balaban J connectivity index is 2.72. The average molecular weight is 186 g/mol. The summed E-state index contributed by atoms with van der Waals surface area (Å²) in [6.45, 7) is 1.47. The highest BCUT2D eigenvalue weighted by molar-refractivity contribution is 7.81. The Labute approximate surface area is 75.9 Å². The number of ketones is 1. The summed E-state index contributed by atoms with van der Waals surface area (Å²) in [5.41, 5.74) is 2.59. The Morgan fingerprint density at radius 1 is 1.75 bits per heavy atom. The predicted octanol–water partition coefficient (Wildman–Crippen LogP) is 0.532. The predicted molar refractivity (Wildman–Crippen MR) is 47.3 cm³/mol. The summed E-state index contributed by atoms with van der Waals surface area (Å²) in [6, 6.07) is 0. The van der Waals surface area contributed by atoms with E-state index in [9.17, 15) is 4.79 Å². The van der Waals surface area contributed by atoms with Crippen molar-refractivity contribution in [3.05, 3.63) is 12.2 Å². The Hall–Kier alpha value is -0.880. The van der Waals surface area contributed by atoms with Gasteiger partial charge in [-0.3, -0.25) is 4.79 Å². The Kier molecular flexibility index (Phi) is 2.49. The standard InChI is InChI=1S/C6H10N4OS/c1-5(11)3-4-6(12)7-8-9-10(6)2/h3-4,12H,1-2H3,(H,7,9)/b4-3+. The van der Waals surface area contributed by atoms with Crippen molar-refractivity contribution >= 4 is 18.4 Å². The fourth-order valence-corrected chi connectivity index (χ4v) is 0.842. The molecule has 66 valence electrons. The van der Waals surface area contributed by atoms with Crippen LogP contribution >= 0.6 is 12.6 Å². The summed E-state index contributed by atoms with van der Waals surface area (Å²) in [5.74, 6) is -0.0427. The number of rotatable bonds is 2. The monoisotopic (exact) mass is 186 g/mol. The van der Waals surface area contributed by atoms with Crippen LogP contribution in [0.2, 0.25) is 0 Å². The fourth-order valence-electron chi connectivity index (χ4n) is 0.678. The number of nitrogens with one attached hydrogen (secondary N) is 1. The topological polar surface area (TPSA) is 57.1 Å². The molecule has 0 aromatic rings. The minimum absolute atomic E-state index is 0.0427. The van der Waals surface area contributed by atoms with E-state index in [1.807, 2.05) is 0 Å². The van der Waals surface area contributed by atoms with E-state index < -0.39 is 4.99 Å². The lowest BCUT2D eigenvalue weighted by Gasteiger charge is -2.21. The summed E-state index contributed by atoms with van der Waals surface area (Å²) < 4.78 is 0. The molecule has 0 aromatic heterocycles. The maximum Gasteiger partial charge on any atom is 0.216 e. The van der Waals surface area contributed by atoms with Crippen LogP contribution in [0, 0.1) is 0 Å². The smallest absolute Gasteiger partial charge is 0.216 e. The van der Waals surface area contributed by atoms with E-state index in [4.69, 9.17) is 0 Å². The molecule has 0 fully saturated rings. The Bertz CT molecular complexity index is 252. The zero-order valence-corrected chi connectivity index (χ0v) is 7.75. The third-order valence-electron chi connectivity index (χ3n) is 1.43. The summed E-state index contributed by atoms with van der Waals surface area (Å²) in [4.78, 5) is 9.78. The zero-order chi connectivity index (χ0) is 9.19. The highest BCUT2D eigenvalue weighted by atomic mass is 32.1. The second-order valence-corrected chi connectivity index (χ2v) is 3.15. The van der Waals surface area contributed by atoms with Gasteiger partial charge in [0.25, 0.3) is 0 Å². The number of likely N-dealkylation sites (N-methyl/N-ethyl adjacent to an activating group) is 1. The molecule has 0 radical (unpaired) electrons. The molecule has 5 nitrogen and oxygen atoms in total. The molecule has 0 bridgehead atoms. The molecule has 1 heterocycles. The molecule has 0 aliphatic carbocycles. The van der Waals surface area contributed by atoms with E-state index in [-0.39, 0.29) is 5.78 Å². The van der Waals surface area contributed by atoms with Gasteiger partial charge in [0.2, 0.25) is 4.99 Å². The number of nitrogens with zero attached hydrogens (tertiary/aromatic N) is 3. The quantitative estimate of drug-likeness (QED) is 0.488. The molecule has 1 N–H and O–H groups in total. The van der Waals surface area contributed by atoms with Crippen molar-refractivity contribution in [2.75, 3.05) is 7.05 Å². The summed E-state index contributed by atoms with van der Waals surface area (Å²) in [5, 5.41) is 8.92. The number of hydrazine groups is 1. The summed E-state index contributed by atoms with van der Waals surface area (Å²) in [6.07, 6.45) is 2.98. The lowest BCUT2D eigenvalue weighted by molar-refractivity contribution is -0.112. The van der Waals surface area contributed by atoms with Crippen LogP contribution in [-0.2, 0) is 4.79 Å². The molecular weight excluding hydrogens is 176 g/mol. The van der Waals surface area contributed by atoms with Crippen molar-refractivity contribution in [2.24, 2.45) is 10.3 Å². The van der Waals surface area contributed by atoms with Crippen molar-refractivity contribution in [3.63, 3.8) is 0 Å². The summed E-state index contributed by atoms with van der Waals surface area (Å²) in [7, 11) is 1.73. The van der Waals surface area contributed by atoms with Gasteiger partial charge in [-0.1, -0.05) is 5.22 Å². The maximum atomic E-state index is 10.6. The molecule has 0 saturated heterocycles. The van der Waals surface area contributed by atoms with E-state index in [1.54, 1.807) is 18.1 Å². The lowest BCUT2D eigenvalue weighted by Crippen LogP contribution is -2.39. The van der Waals surface area contributed by atoms with Gasteiger partial charge in [0.05, 0.1) is 0 Å². The van der Waals surface area contributed by atoms with E-state index in [2.05, 4.69) is 28.5 Å². The number of allylic oxidation sites excluding steroid dienone is 1. The first-order valence-electron chi connectivity index (χ1n) is 3.38. The number of carbonyl (C=O) groups excluding carboxylic acids is 1. The van der Waals surface area contributed by atoms with Gasteiger partial charge in [0, 0.05) is 7.05 Å². The van der Waals surface area contributed by atoms with Crippen molar-refractivity contribution in [3.8, 4) is 0 Å². The molecule has 0 amide bonds. The van der Waals surface area contributed by atoms with Crippen molar-refractivity contribution in [1.82, 2.24) is 10.5 Å². The number of thiol groups is 1. The first-order valence-corrected chi connectivity index (χ1v) is 3.83. The van der Waals surface area contributed by atoms with Gasteiger partial charge < -0.3 is 0 Å². The van der Waals surface area contributed by atoms with E-state index in [1.165, 1.54) is 13.0 Å². The molecular formula is C6H10N4OS. The van der Waals surface area contributed by atoms with Gasteiger partial charge in [-0.05, 0) is 19.1 Å². The molecule has 6 heteroatoms. The third kappa shape index (κ3) is 1.83. The van der Waals surface area contributed by atoms with Gasteiger partial charge in [-0.15, -0.1) is 17.7 Å². The van der Waals surface area contributed by atoms with Gasteiger partial charge in [-0.25, -0.2) is 5.53 Å². The van der Waals surface area contributed by atoms with Crippen LogP contribution in [0.1, 0.15) is 6.92 Å². The van der Waals surface area contributed by atoms with Crippen molar-refractivity contribution < 1.29 is 4.79 Å². The lowest BCUT2D eigenvalue weighted by atomic mass is 10.3. The minimum atomic E-state index is -0.842. The number of hydrogen-bond donors (Lipinski definition) is 2. The second kappa shape index (κ2) is 3.24. The third-order valence-corrected chi connectivity index (χ3v) is 1.97. The zero-order valence-electron chi connectivity index (χ0n) is 6.85. The number of carbonyl (C=O) groups is 1. The van der Waals surface area contributed by atoms with Crippen molar-refractivity contribution in [2.45, 2.75) is 11.9 Å². The SMILES string of the molecule is CC(=O)/C=C/C1(S)N=NNN1C. The van der Waals surface area contributed by atoms with Crippen LogP contribution in [-0.4, -0.2) is 22.8 Å². The molecule has 0 spiro atoms. The minimum Gasteiger partial charge on any atom is -0.295 e. The van der Waals surface area contributed by atoms with Crippen LogP contribution in [0.5, 0.6) is 0 Å². The molecule has 0 aromatic carbocycles. The normalized spacial score (nSPS) is 29.6. The van der Waals surface area contributed by atoms with Crippen LogP contribution in [0.15, 0.2) is 22.5 Å². The summed E-state index contributed by atoms with van der Waals surface area (Å²) >= 11 is 4.21. The molecule has 1 unspecified atom stereocenters. The average Bonchev–Trinajstić information content (AvgIpc) is 2.30. The molecule has 0 saturated carbocycles. The van der Waals surface area contributed by atoms with Gasteiger partial charge >= 0.3 is 0 Å². The maximum absolute atomic E-state index is 10.6. The van der Waals surface area contributed by atoms with Crippen LogP contribution < -0.4 is 5.53 Å². The first kappa shape index (κ1) is 9.21. The van der Waals surface area contributed by atoms with Gasteiger partial charge in [0.15, 0.2) is 5.78 Å². The van der Waals surface area contributed by atoms with Gasteiger partial charge in [-0.2, -0.15) is 5.01 Å². The molecule has 1 aliphatic rings. The van der Waals surface area contributed by atoms with Gasteiger partial charge in [0.1, 0.15) is 0 Å². The molecule has 1 aliphatic heterocycles. The molecule has 12 heavy (non-hydrogen) atoms. The molecule has 1 rings (SSSR count). The van der Waals surface area contributed by atoms with Crippen LogP contribution in [0.25, 0.3) is 0 Å². The van der Waals surface area contributed by atoms with Crippen LogP contribution in [0.4, 0.5) is 0 Å². The van der Waals surface area contributed by atoms with Crippen LogP contribution in [0.3, 0.4) is 0 Å². The van der Waals surface area contributed by atoms with E-state index in [0.717, 1.165) is 0 Å². The first-order chi connectivity index (χ1) is 5.54. The highest BCUT2D eigenvalue weighted by Gasteiger charge is 2.31. The van der Waals surface area contributed by atoms with E-state index in [0.29, 0.717) is 0 Å². The van der Waals surface area contributed by atoms with Crippen molar-refractivity contribution in [1.29, 1.82) is 0 Å². The fraction of sp³-hybridized carbons (Fsp3) is 0.500. The Morgan fingerprint density at radius 2 is 2.42 bits per heavy atom. The Morgan fingerprint density at radius 3 is 2.83 bits per heavy atom. The number of hydrogen-bond acceptors (Lipinski definition) is 6. The highest BCUT2D eigenvalue weighted by Crippen LogP contribution is 2.24.